The van der Waals surface area contributed by atoms with Gasteiger partial charge >= 0.3 is 0 Å². The maximum Gasteiger partial charge on any atom is 0.224 e. The summed E-state index contributed by atoms with van der Waals surface area (Å²) in [7, 11) is -1.34. The lowest BCUT2D eigenvalue weighted by Gasteiger charge is -2.07. The lowest BCUT2D eigenvalue weighted by molar-refractivity contribution is -0.116. The van der Waals surface area contributed by atoms with Crippen LogP contribution in [0.5, 0.6) is 0 Å². The van der Waals surface area contributed by atoms with Crippen LogP contribution in [0.2, 0.25) is 0 Å². The van der Waals surface area contributed by atoms with Crippen molar-refractivity contribution in [3.63, 3.8) is 0 Å². The number of carbonyl (C=O) groups is 1. The molecule has 0 fully saturated rings. The molecule has 3 rings (SSSR count). The molecule has 0 radical (unpaired) electrons. The zero-order valence-electron chi connectivity index (χ0n) is 13.2. The summed E-state index contributed by atoms with van der Waals surface area (Å²) >= 11 is 0. The zero-order valence-corrected chi connectivity index (χ0v) is 14.0. The molecule has 0 spiro atoms. The Kier molecular flexibility index (Phi) is 3.97. The smallest absolute Gasteiger partial charge is 0.224 e. The molecule has 1 aliphatic heterocycles. The van der Waals surface area contributed by atoms with Crippen molar-refractivity contribution in [2.24, 2.45) is 7.05 Å². The molecule has 23 heavy (non-hydrogen) atoms. The van der Waals surface area contributed by atoms with E-state index in [2.05, 4.69) is 10.4 Å². The standard InChI is InChI=1S/C16H19N3O3S/c1-11-13(10-19(2)18-11)4-6-16(20)17-14-5-3-12-7-8-23(21,22)15(12)9-14/h3,5,9-10H,4,6-8H2,1-2H3,(H,17,20). The van der Waals surface area contributed by atoms with Crippen LogP contribution in [-0.2, 0) is 34.5 Å². The Labute approximate surface area is 135 Å². The Balaban J connectivity index is 1.66. The monoisotopic (exact) mass is 333 g/mol. The number of aromatic nitrogens is 2. The van der Waals surface area contributed by atoms with Crippen LogP contribution in [-0.4, -0.2) is 29.9 Å². The summed E-state index contributed by atoms with van der Waals surface area (Å²) in [6.07, 6.45) is 3.39. The SMILES string of the molecule is Cc1nn(C)cc1CCC(=O)Nc1ccc2c(c1)S(=O)(=O)CC2. The van der Waals surface area contributed by atoms with Gasteiger partial charge in [0.1, 0.15) is 0 Å². The minimum atomic E-state index is -3.18. The van der Waals surface area contributed by atoms with Gasteiger partial charge in [0.15, 0.2) is 9.84 Å². The molecule has 7 heteroatoms. The fraction of sp³-hybridized carbons (Fsp3) is 0.375. The maximum atomic E-state index is 12.1. The van der Waals surface area contributed by atoms with Crippen molar-refractivity contribution in [3.8, 4) is 0 Å². The number of benzene rings is 1. The number of aryl methyl sites for hydroxylation is 4. The number of carbonyl (C=O) groups excluding carboxylic acids is 1. The third-order valence-electron chi connectivity index (χ3n) is 4.06. The minimum Gasteiger partial charge on any atom is -0.326 e. The second kappa shape index (κ2) is 5.81. The fourth-order valence-electron chi connectivity index (χ4n) is 2.85. The highest BCUT2D eigenvalue weighted by molar-refractivity contribution is 7.91. The number of amides is 1. The average molecular weight is 333 g/mol. The van der Waals surface area contributed by atoms with Gasteiger partial charge in [-0.2, -0.15) is 5.10 Å². The van der Waals surface area contributed by atoms with E-state index in [4.69, 9.17) is 0 Å². The van der Waals surface area contributed by atoms with Crippen LogP contribution in [0, 0.1) is 6.92 Å². The lowest BCUT2D eigenvalue weighted by atomic mass is 10.1. The molecule has 1 amide bonds. The molecular formula is C16H19N3O3S. The van der Waals surface area contributed by atoms with E-state index < -0.39 is 9.84 Å². The Morgan fingerprint density at radius 2 is 2.17 bits per heavy atom. The molecule has 0 aliphatic carbocycles. The van der Waals surface area contributed by atoms with Gasteiger partial charge in [0.2, 0.25) is 5.91 Å². The highest BCUT2D eigenvalue weighted by Gasteiger charge is 2.26. The third kappa shape index (κ3) is 3.29. The van der Waals surface area contributed by atoms with E-state index in [1.165, 1.54) is 0 Å². The number of fused-ring (bicyclic) bond motifs is 1. The second-order valence-corrected chi connectivity index (χ2v) is 7.93. The highest BCUT2D eigenvalue weighted by Crippen LogP contribution is 2.28. The average Bonchev–Trinajstić information content (AvgIpc) is 2.96. The molecule has 0 saturated heterocycles. The molecule has 0 unspecified atom stereocenters. The number of hydrogen-bond donors (Lipinski definition) is 1. The molecule has 1 aromatic carbocycles. The van der Waals surface area contributed by atoms with Crippen LogP contribution in [0.15, 0.2) is 29.3 Å². The van der Waals surface area contributed by atoms with Gasteiger partial charge in [-0.15, -0.1) is 0 Å². The molecule has 122 valence electrons. The highest BCUT2D eigenvalue weighted by atomic mass is 32.2. The molecule has 1 aromatic heterocycles. The van der Waals surface area contributed by atoms with E-state index >= 15 is 0 Å². The number of anilines is 1. The first kappa shape index (κ1) is 15.7. The van der Waals surface area contributed by atoms with Crippen molar-refractivity contribution in [3.05, 3.63) is 41.2 Å². The van der Waals surface area contributed by atoms with Crippen molar-refractivity contribution in [1.82, 2.24) is 9.78 Å². The molecule has 2 aromatic rings. The van der Waals surface area contributed by atoms with Gasteiger partial charge in [-0.05, 0) is 43.0 Å². The first-order chi connectivity index (χ1) is 10.8. The van der Waals surface area contributed by atoms with Gasteiger partial charge in [0, 0.05) is 25.4 Å². The van der Waals surface area contributed by atoms with Crippen molar-refractivity contribution < 1.29 is 13.2 Å². The van der Waals surface area contributed by atoms with Gasteiger partial charge in [-0.1, -0.05) is 6.07 Å². The molecule has 2 heterocycles. The van der Waals surface area contributed by atoms with Gasteiger partial charge in [0.25, 0.3) is 0 Å². The van der Waals surface area contributed by atoms with E-state index in [1.54, 1.807) is 22.9 Å². The van der Waals surface area contributed by atoms with Crippen molar-refractivity contribution in [2.45, 2.75) is 31.1 Å². The van der Waals surface area contributed by atoms with Crippen LogP contribution in [0.25, 0.3) is 0 Å². The summed E-state index contributed by atoms with van der Waals surface area (Å²) < 4.78 is 25.6. The molecule has 0 atom stereocenters. The normalized spacial score (nSPS) is 15.4. The first-order valence-electron chi connectivity index (χ1n) is 7.50. The topological polar surface area (TPSA) is 81.1 Å². The van der Waals surface area contributed by atoms with Crippen LogP contribution >= 0.6 is 0 Å². The Bertz CT molecular complexity index is 869. The third-order valence-corrected chi connectivity index (χ3v) is 5.85. The lowest BCUT2D eigenvalue weighted by Crippen LogP contribution is -2.13. The van der Waals surface area contributed by atoms with E-state index in [0.717, 1.165) is 16.8 Å². The van der Waals surface area contributed by atoms with Crippen LogP contribution < -0.4 is 5.32 Å². The van der Waals surface area contributed by atoms with Crippen LogP contribution in [0.4, 0.5) is 5.69 Å². The predicted molar refractivity (Wildman–Crippen MR) is 87.1 cm³/mol. The van der Waals surface area contributed by atoms with Crippen molar-refractivity contribution in [2.75, 3.05) is 11.1 Å². The summed E-state index contributed by atoms with van der Waals surface area (Å²) in [4.78, 5) is 12.4. The molecule has 1 aliphatic rings. The molecule has 0 saturated carbocycles. The van der Waals surface area contributed by atoms with E-state index in [9.17, 15) is 13.2 Å². The van der Waals surface area contributed by atoms with Gasteiger partial charge in [0.05, 0.1) is 16.3 Å². The van der Waals surface area contributed by atoms with Gasteiger partial charge in [-0.3, -0.25) is 9.48 Å². The summed E-state index contributed by atoms with van der Waals surface area (Å²) in [5, 5.41) is 7.02. The number of hydrogen-bond acceptors (Lipinski definition) is 4. The van der Waals surface area contributed by atoms with Crippen molar-refractivity contribution in [1.29, 1.82) is 0 Å². The first-order valence-corrected chi connectivity index (χ1v) is 9.15. The fourth-order valence-corrected chi connectivity index (χ4v) is 4.43. The number of rotatable bonds is 4. The molecule has 6 nitrogen and oxygen atoms in total. The summed E-state index contributed by atoms with van der Waals surface area (Å²) in [6.45, 7) is 1.92. The van der Waals surface area contributed by atoms with E-state index in [0.29, 0.717) is 29.8 Å². The van der Waals surface area contributed by atoms with Crippen LogP contribution in [0.1, 0.15) is 23.2 Å². The molecular weight excluding hydrogens is 314 g/mol. The van der Waals surface area contributed by atoms with Gasteiger partial charge in [-0.25, -0.2) is 8.42 Å². The minimum absolute atomic E-state index is 0.136. The largest absolute Gasteiger partial charge is 0.326 e. The predicted octanol–water partition coefficient (Wildman–Crippen LogP) is 1.63. The van der Waals surface area contributed by atoms with Gasteiger partial charge < -0.3 is 5.32 Å². The van der Waals surface area contributed by atoms with E-state index in [1.807, 2.05) is 20.2 Å². The second-order valence-electron chi connectivity index (χ2n) is 5.85. The Morgan fingerprint density at radius 3 is 2.87 bits per heavy atom. The Morgan fingerprint density at radius 1 is 1.39 bits per heavy atom. The number of nitrogens with one attached hydrogen (secondary N) is 1. The van der Waals surface area contributed by atoms with E-state index in [-0.39, 0.29) is 11.7 Å². The van der Waals surface area contributed by atoms with Crippen molar-refractivity contribution >= 4 is 21.4 Å². The zero-order chi connectivity index (χ0) is 16.6. The number of nitrogens with zero attached hydrogens (tertiary/aromatic N) is 2. The quantitative estimate of drug-likeness (QED) is 0.922. The molecule has 1 N–H and O–H groups in total. The molecule has 0 bridgehead atoms. The summed E-state index contributed by atoms with van der Waals surface area (Å²) in [5.74, 6) is 0.0172. The maximum absolute atomic E-state index is 12.1. The number of sulfone groups is 1. The summed E-state index contributed by atoms with van der Waals surface area (Å²) in [5.41, 5.74) is 3.32. The summed E-state index contributed by atoms with van der Waals surface area (Å²) in [6, 6.07) is 5.10. The van der Waals surface area contributed by atoms with Crippen LogP contribution in [0.3, 0.4) is 0 Å². The Hall–Kier alpha value is -2.15.